The molecule has 0 bridgehead atoms. The van der Waals surface area contributed by atoms with E-state index in [0.717, 1.165) is 6.42 Å². The van der Waals surface area contributed by atoms with Crippen LogP contribution in [-0.4, -0.2) is 11.9 Å². The summed E-state index contributed by atoms with van der Waals surface area (Å²) >= 11 is 0. The van der Waals surface area contributed by atoms with E-state index >= 15 is 0 Å². The van der Waals surface area contributed by atoms with Crippen molar-refractivity contribution in [2.75, 3.05) is 7.05 Å². The van der Waals surface area contributed by atoms with Gasteiger partial charge in [0.05, 0.1) is 0 Å². The lowest BCUT2D eigenvalue weighted by Crippen LogP contribution is -2.13. The Morgan fingerprint density at radius 1 is 1.15 bits per heavy atom. The second-order valence-corrected chi connectivity index (χ2v) is 2.65. The third-order valence-electron chi connectivity index (χ3n) is 1.72. The third-order valence-corrected chi connectivity index (χ3v) is 1.72. The molecule has 1 nitrogen and oxygen atoms in total. The standard InChI is InChI=1S/C8H13N.2C2H6/c1-7-4-5-8(2)9(3)6-7;2*1-2/h6H,2,4-5H2,1,3H3;2*1-2H3. The molecule has 1 aliphatic rings. The van der Waals surface area contributed by atoms with Gasteiger partial charge in [0.15, 0.2) is 0 Å². The van der Waals surface area contributed by atoms with Gasteiger partial charge in [0.25, 0.3) is 0 Å². The van der Waals surface area contributed by atoms with Gasteiger partial charge in [-0.15, -0.1) is 0 Å². The lowest BCUT2D eigenvalue weighted by Gasteiger charge is -2.23. The van der Waals surface area contributed by atoms with Crippen molar-refractivity contribution in [3.8, 4) is 0 Å². The normalized spacial score (nSPS) is 14.8. The van der Waals surface area contributed by atoms with Crippen LogP contribution in [0, 0.1) is 0 Å². The number of nitrogens with zero attached hydrogens (tertiary/aromatic N) is 1. The molecular weight excluding hydrogens is 158 g/mol. The first kappa shape index (κ1) is 14.8. The first-order valence-electron chi connectivity index (χ1n) is 5.28. The van der Waals surface area contributed by atoms with Gasteiger partial charge in [-0.3, -0.25) is 0 Å². The van der Waals surface area contributed by atoms with Gasteiger partial charge in [-0.25, -0.2) is 0 Å². The first-order valence-corrected chi connectivity index (χ1v) is 5.28. The van der Waals surface area contributed by atoms with Crippen molar-refractivity contribution >= 4 is 0 Å². The molecule has 0 N–H and O–H groups in total. The van der Waals surface area contributed by atoms with Gasteiger partial charge in [-0.1, -0.05) is 39.8 Å². The molecule has 1 heterocycles. The minimum absolute atomic E-state index is 1.12. The summed E-state index contributed by atoms with van der Waals surface area (Å²) in [6.07, 6.45) is 4.45. The fraction of sp³-hybridized carbons (Fsp3) is 0.667. The van der Waals surface area contributed by atoms with Crippen LogP contribution in [0.1, 0.15) is 47.5 Å². The number of allylic oxidation sites excluding steroid dienone is 2. The maximum absolute atomic E-state index is 3.91. The topological polar surface area (TPSA) is 3.24 Å². The smallest absolute Gasteiger partial charge is 0.0109 e. The molecule has 0 saturated heterocycles. The van der Waals surface area contributed by atoms with Gasteiger partial charge in [0.1, 0.15) is 0 Å². The fourth-order valence-corrected chi connectivity index (χ4v) is 1.00. The SMILES string of the molecule is C=C1CCC(C)=CN1C.CC.CC. The van der Waals surface area contributed by atoms with Crippen LogP contribution >= 0.6 is 0 Å². The summed E-state index contributed by atoms with van der Waals surface area (Å²) in [5, 5.41) is 0. The minimum Gasteiger partial charge on any atom is -0.355 e. The summed E-state index contributed by atoms with van der Waals surface area (Å²) in [7, 11) is 2.05. The molecule has 0 radical (unpaired) electrons. The monoisotopic (exact) mass is 183 g/mol. The van der Waals surface area contributed by atoms with Gasteiger partial charge < -0.3 is 4.90 Å². The van der Waals surface area contributed by atoms with Crippen molar-refractivity contribution < 1.29 is 0 Å². The van der Waals surface area contributed by atoms with Crippen LogP contribution in [0.15, 0.2) is 24.0 Å². The van der Waals surface area contributed by atoms with Crippen LogP contribution in [0.2, 0.25) is 0 Å². The highest BCUT2D eigenvalue weighted by Crippen LogP contribution is 2.19. The lowest BCUT2D eigenvalue weighted by molar-refractivity contribution is 0.508. The van der Waals surface area contributed by atoms with E-state index in [1.165, 1.54) is 17.7 Å². The Morgan fingerprint density at radius 2 is 1.62 bits per heavy atom. The van der Waals surface area contributed by atoms with Gasteiger partial charge in [0.2, 0.25) is 0 Å². The van der Waals surface area contributed by atoms with Crippen LogP contribution in [0.3, 0.4) is 0 Å². The van der Waals surface area contributed by atoms with Crippen molar-refractivity contribution in [3.05, 3.63) is 24.0 Å². The molecule has 0 fully saturated rings. The van der Waals surface area contributed by atoms with Crippen molar-refractivity contribution in [3.63, 3.8) is 0 Å². The van der Waals surface area contributed by atoms with Crippen LogP contribution in [0.4, 0.5) is 0 Å². The molecule has 1 aliphatic heterocycles. The Kier molecular flexibility index (Phi) is 10.7. The zero-order valence-corrected chi connectivity index (χ0v) is 10.1. The molecule has 1 heteroatoms. The van der Waals surface area contributed by atoms with E-state index in [0.29, 0.717) is 0 Å². The summed E-state index contributed by atoms with van der Waals surface area (Å²) in [6, 6.07) is 0. The molecule has 0 aromatic rings. The Balaban J connectivity index is 0. The van der Waals surface area contributed by atoms with E-state index in [1.807, 2.05) is 34.7 Å². The predicted octanol–water partition coefficient (Wildman–Crippen LogP) is 4.18. The predicted molar refractivity (Wildman–Crippen MR) is 62.6 cm³/mol. The average Bonchev–Trinajstić information content (AvgIpc) is 2.18. The molecule has 1 rings (SSSR count). The summed E-state index contributed by atoms with van der Waals surface area (Å²) < 4.78 is 0. The van der Waals surface area contributed by atoms with Crippen molar-refractivity contribution in [2.24, 2.45) is 0 Å². The lowest BCUT2D eigenvalue weighted by atomic mass is 10.1. The van der Waals surface area contributed by atoms with Crippen LogP contribution in [0.5, 0.6) is 0 Å². The molecule has 0 aromatic carbocycles. The number of hydrogen-bond donors (Lipinski definition) is 0. The minimum atomic E-state index is 1.12. The molecule has 78 valence electrons. The summed E-state index contributed by atoms with van der Waals surface area (Å²) in [5.74, 6) is 0. The molecule has 0 spiro atoms. The van der Waals surface area contributed by atoms with E-state index < -0.39 is 0 Å². The summed E-state index contributed by atoms with van der Waals surface area (Å²) in [6.45, 7) is 14.1. The van der Waals surface area contributed by atoms with Crippen molar-refractivity contribution in [1.82, 2.24) is 4.90 Å². The number of hydrogen-bond acceptors (Lipinski definition) is 1. The second-order valence-electron chi connectivity index (χ2n) is 2.65. The Morgan fingerprint density at radius 3 is 1.92 bits per heavy atom. The van der Waals surface area contributed by atoms with Crippen molar-refractivity contribution in [2.45, 2.75) is 47.5 Å². The molecule has 0 aromatic heterocycles. The highest BCUT2D eigenvalue weighted by Gasteiger charge is 2.05. The maximum Gasteiger partial charge on any atom is 0.0109 e. The molecule has 0 saturated carbocycles. The Labute approximate surface area is 84.1 Å². The van der Waals surface area contributed by atoms with Gasteiger partial charge in [-0.2, -0.15) is 0 Å². The quantitative estimate of drug-likeness (QED) is 0.544. The molecule has 0 atom stereocenters. The van der Waals surface area contributed by atoms with Crippen LogP contribution in [0.25, 0.3) is 0 Å². The zero-order valence-electron chi connectivity index (χ0n) is 10.1. The largest absolute Gasteiger partial charge is 0.355 e. The van der Waals surface area contributed by atoms with E-state index in [4.69, 9.17) is 0 Å². The molecule has 13 heavy (non-hydrogen) atoms. The average molecular weight is 183 g/mol. The maximum atomic E-state index is 3.91. The van der Waals surface area contributed by atoms with Crippen LogP contribution in [-0.2, 0) is 0 Å². The first-order chi connectivity index (χ1) is 6.20. The van der Waals surface area contributed by atoms with E-state index in [9.17, 15) is 0 Å². The Hall–Kier alpha value is -0.720. The van der Waals surface area contributed by atoms with Gasteiger partial charge in [-0.05, 0) is 19.8 Å². The summed E-state index contributed by atoms with van der Waals surface area (Å²) in [4.78, 5) is 2.10. The van der Waals surface area contributed by atoms with Gasteiger partial charge >= 0.3 is 0 Å². The van der Waals surface area contributed by atoms with E-state index in [-0.39, 0.29) is 0 Å². The fourth-order valence-electron chi connectivity index (χ4n) is 1.00. The van der Waals surface area contributed by atoms with Crippen molar-refractivity contribution in [1.29, 1.82) is 0 Å². The highest BCUT2D eigenvalue weighted by atomic mass is 15.1. The van der Waals surface area contributed by atoms with Crippen LogP contribution < -0.4 is 0 Å². The third kappa shape index (κ3) is 6.44. The molecule has 0 amide bonds. The summed E-state index contributed by atoms with van der Waals surface area (Å²) in [5.41, 5.74) is 2.67. The molecular formula is C12H25N. The van der Waals surface area contributed by atoms with E-state index in [1.54, 1.807) is 0 Å². The highest BCUT2D eigenvalue weighted by molar-refractivity contribution is 5.11. The molecule has 0 aliphatic carbocycles. The zero-order chi connectivity index (χ0) is 10.9. The molecule has 0 unspecified atom stereocenters. The van der Waals surface area contributed by atoms with Gasteiger partial charge in [0, 0.05) is 18.9 Å². The van der Waals surface area contributed by atoms with E-state index in [2.05, 4.69) is 24.6 Å². The second kappa shape index (κ2) is 9.37. The number of rotatable bonds is 0. The Bertz CT molecular complexity index is 157.